The van der Waals surface area contributed by atoms with Gasteiger partial charge >= 0.3 is 0 Å². The number of nitrogens with two attached hydrogens (primary N) is 1. The lowest BCUT2D eigenvalue weighted by molar-refractivity contribution is 0.154. The predicted octanol–water partition coefficient (Wildman–Crippen LogP) is 4.87. The van der Waals surface area contributed by atoms with E-state index in [2.05, 4.69) is 37.3 Å². The van der Waals surface area contributed by atoms with E-state index in [9.17, 15) is 5.11 Å². The molecule has 0 fully saturated rings. The maximum Gasteiger partial charge on any atom is 0.0611 e. The van der Waals surface area contributed by atoms with Crippen LogP contribution in [-0.4, -0.2) is 17.3 Å². The Kier molecular flexibility index (Phi) is 7.51. The van der Waals surface area contributed by atoms with Crippen LogP contribution in [0.25, 0.3) is 6.08 Å². The van der Waals surface area contributed by atoms with E-state index in [0.29, 0.717) is 5.92 Å². The van der Waals surface area contributed by atoms with Crippen molar-refractivity contribution in [2.45, 2.75) is 77.2 Å². The van der Waals surface area contributed by atoms with Gasteiger partial charge in [-0.1, -0.05) is 69.4 Å². The highest BCUT2D eigenvalue weighted by Crippen LogP contribution is 2.29. The summed E-state index contributed by atoms with van der Waals surface area (Å²) in [4.78, 5) is 0. The largest absolute Gasteiger partial charge is 0.394 e. The lowest BCUT2D eigenvalue weighted by Gasteiger charge is -2.31. The van der Waals surface area contributed by atoms with Crippen molar-refractivity contribution in [1.29, 1.82) is 0 Å². The van der Waals surface area contributed by atoms with Gasteiger partial charge in [-0.15, -0.1) is 0 Å². The summed E-state index contributed by atoms with van der Waals surface area (Å²) >= 11 is 0. The number of rotatable bonds is 9. The quantitative estimate of drug-likeness (QED) is 0.635. The van der Waals surface area contributed by atoms with Crippen molar-refractivity contribution in [3.63, 3.8) is 0 Å². The highest BCUT2D eigenvalue weighted by atomic mass is 16.3. The summed E-state index contributed by atoms with van der Waals surface area (Å²) in [5, 5.41) is 9.56. The second kappa shape index (κ2) is 9.39. The monoisotopic (exact) mass is 329 g/mol. The molecule has 1 aromatic rings. The molecule has 0 unspecified atom stereocenters. The molecule has 134 valence electrons. The highest BCUT2D eigenvalue weighted by Gasteiger charge is 2.30. The molecule has 0 bridgehead atoms. The predicted molar refractivity (Wildman–Crippen MR) is 104 cm³/mol. The zero-order valence-electron chi connectivity index (χ0n) is 15.6. The lowest BCUT2D eigenvalue weighted by Crippen LogP contribution is -2.48. The molecule has 2 rings (SSSR count). The summed E-state index contributed by atoms with van der Waals surface area (Å²) in [6.07, 6.45) is 15.6. The molecule has 1 aliphatic carbocycles. The average Bonchev–Trinajstić information content (AvgIpc) is 2.80. The Labute approximate surface area is 148 Å². The molecule has 0 aromatic heterocycles. The van der Waals surface area contributed by atoms with Gasteiger partial charge in [-0.05, 0) is 55.2 Å². The van der Waals surface area contributed by atoms with Crippen LogP contribution in [0, 0.1) is 5.92 Å². The van der Waals surface area contributed by atoms with Gasteiger partial charge in [0.1, 0.15) is 0 Å². The Bertz CT molecular complexity index is 533. The van der Waals surface area contributed by atoms with E-state index >= 15 is 0 Å². The molecule has 0 spiro atoms. The van der Waals surface area contributed by atoms with Gasteiger partial charge in [0.25, 0.3) is 0 Å². The van der Waals surface area contributed by atoms with Gasteiger partial charge in [-0.25, -0.2) is 0 Å². The highest BCUT2D eigenvalue weighted by molar-refractivity contribution is 5.56. The molecular weight excluding hydrogens is 294 g/mol. The third kappa shape index (κ3) is 5.46. The van der Waals surface area contributed by atoms with Gasteiger partial charge in [-0.2, -0.15) is 0 Å². The van der Waals surface area contributed by atoms with Crippen molar-refractivity contribution in [3.05, 3.63) is 41.0 Å². The molecule has 1 aliphatic rings. The fourth-order valence-corrected chi connectivity index (χ4v) is 3.59. The van der Waals surface area contributed by atoms with Crippen molar-refractivity contribution in [2.24, 2.45) is 11.7 Å². The van der Waals surface area contributed by atoms with Gasteiger partial charge in [0.15, 0.2) is 0 Å². The van der Waals surface area contributed by atoms with E-state index in [1.807, 2.05) is 6.92 Å². The zero-order chi connectivity index (χ0) is 17.4. The van der Waals surface area contributed by atoms with Crippen molar-refractivity contribution in [2.75, 3.05) is 6.61 Å². The molecule has 0 saturated heterocycles. The third-order valence-electron chi connectivity index (χ3n) is 5.49. The molecule has 0 heterocycles. The van der Waals surface area contributed by atoms with Crippen LogP contribution in [0.5, 0.6) is 0 Å². The van der Waals surface area contributed by atoms with Crippen LogP contribution in [0.4, 0.5) is 0 Å². The van der Waals surface area contributed by atoms with Crippen LogP contribution in [0.15, 0.2) is 24.3 Å². The van der Waals surface area contributed by atoms with Crippen LogP contribution in [0.3, 0.4) is 0 Å². The fraction of sp³-hybridized carbons (Fsp3) is 0.636. The summed E-state index contributed by atoms with van der Waals surface area (Å²) in [5.41, 5.74) is 9.93. The third-order valence-corrected chi connectivity index (χ3v) is 5.49. The molecule has 2 atom stereocenters. The summed E-state index contributed by atoms with van der Waals surface area (Å²) in [5.74, 6) is 0.296. The second-order valence-electron chi connectivity index (χ2n) is 7.75. The summed E-state index contributed by atoms with van der Waals surface area (Å²) in [6.45, 7) is 4.27. The summed E-state index contributed by atoms with van der Waals surface area (Å²) < 4.78 is 0. The van der Waals surface area contributed by atoms with E-state index in [1.54, 1.807) is 0 Å². The van der Waals surface area contributed by atoms with Gasteiger partial charge in [0.2, 0.25) is 0 Å². The van der Waals surface area contributed by atoms with Crippen LogP contribution < -0.4 is 5.73 Å². The SMILES string of the molecule is CCCCCCCCc1ccc2c(c1)C=CC[C@H]([C@](C)(N)CO)C2. The van der Waals surface area contributed by atoms with Crippen molar-refractivity contribution in [1.82, 2.24) is 0 Å². The maximum atomic E-state index is 9.56. The average molecular weight is 330 g/mol. The molecule has 0 amide bonds. The molecule has 0 aliphatic heterocycles. The first-order valence-corrected chi connectivity index (χ1v) is 9.75. The smallest absolute Gasteiger partial charge is 0.0611 e. The number of aliphatic hydroxyl groups is 1. The Hall–Kier alpha value is -1.12. The minimum absolute atomic E-state index is 0.0386. The molecule has 0 saturated carbocycles. The lowest BCUT2D eigenvalue weighted by atomic mass is 9.80. The first-order valence-electron chi connectivity index (χ1n) is 9.75. The summed E-state index contributed by atoms with van der Waals surface area (Å²) in [7, 11) is 0. The first-order chi connectivity index (χ1) is 11.6. The van der Waals surface area contributed by atoms with E-state index < -0.39 is 5.54 Å². The normalized spacial score (nSPS) is 19.6. The fourth-order valence-electron chi connectivity index (χ4n) is 3.59. The number of fused-ring (bicyclic) bond motifs is 1. The van der Waals surface area contributed by atoms with Crippen molar-refractivity contribution >= 4 is 6.08 Å². The number of aliphatic hydroxyl groups excluding tert-OH is 1. The van der Waals surface area contributed by atoms with Crippen LogP contribution in [0.2, 0.25) is 0 Å². The number of hydrogen-bond donors (Lipinski definition) is 2. The Morgan fingerprint density at radius 3 is 2.67 bits per heavy atom. The molecule has 2 nitrogen and oxygen atoms in total. The minimum Gasteiger partial charge on any atom is -0.394 e. The van der Waals surface area contributed by atoms with Gasteiger partial charge in [0, 0.05) is 5.54 Å². The summed E-state index contributed by atoms with van der Waals surface area (Å²) in [6, 6.07) is 6.92. The molecule has 3 N–H and O–H groups in total. The number of allylic oxidation sites excluding steroid dienone is 1. The van der Waals surface area contributed by atoms with Crippen LogP contribution in [-0.2, 0) is 12.8 Å². The number of unbranched alkanes of at least 4 members (excludes halogenated alkanes) is 5. The van der Waals surface area contributed by atoms with Gasteiger partial charge in [0.05, 0.1) is 6.61 Å². The maximum absolute atomic E-state index is 9.56. The van der Waals surface area contributed by atoms with E-state index in [4.69, 9.17) is 5.73 Å². The molecule has 0 radical (unpaired) electrons. The van der Waals surface area contributed by atoms with E-state index in [1.165, 1.54) is 61.6 Å². The van der Waals surface area contributed by atoms with Crippen LogP contribution >= 0.6 is 0 Å². The van der Waals surface area contributed by atoms with Gasteiger partial charge < -0.3 is 10.8 Å². The first kappa shape index (κ1) is 19.2. The van der Waals surface area contributed by atoms with Crippen molar-refractivity contribution < 1.29 is 5.11 Å². The zero-order valence-corrected chi connectivity index (χ0v) is 15.6. The second-order valence-corrected chi connectivity index (χ2v) is 7.75. The molecule has 1 aromatic carbocycles. The van der Waals surface area contributed by atoms with Crippen molar-refractivity contribution in [3.8, 4) is 0 Å². The number of benzene rings is 1. The molecule has 2 heteroatoms. The topological polar surface area (TPSA) is 46.2 Å². The van der Waals surface area contributed by atoms with E-state index in [0.717, 1.165) is 12.8 Å². The van der Waals surface area contributed by atoms with Crippen LogP contribution in [0.1, 0.15) is 75.5 Å². The minimum atomic E-state index is -0.511. The van der Waals surface area contributed by atoms with E-state index in [-0.39, 0.29) is 6.61 Å². The van der Waals surface area contributed by atoms with Gasteiger partial charge in [-0.3, -0.25) is 0 Å². The molecule has 24 heavy (non-hydrogen) atoms. The standard InChI is InChI=1S/C22H35NO/c1-3-4-5-6-7-8-10-18-13-14-20-16-21(22(2,23)17-24)12-9-11-19(20)15-18/h9,11,13-15,21,24H,3-8,10,12,16-17,23H2,1-2H3/t21-,22+/m0/s1. The Morgan fingerprint density at radius 1 is 1.17 bits per heavy atom. The number of hydrogen-bond acceptors (Lipinski definition) is 2. The Balaban J connectivity index is 1.93. The number of aryl methyl sites for hydroxylation is 1. The Morgan fingerprint density at radius 2 is 1.92 bits per heavy atom. The molecular formula is C22H35NO.